The number of hydrogen-bond acceptors (Lipinski definition) is 5. The van der Waals surface area contributed by atoms with Gasteiger partial charge in [0.25, 0.3) is 0 Å². The van der Waals surface area contributed by atoms with E-state index in [-0.39, 0.29) is 0 Å². The molecule has 0 radical (unpaired) electrons. The second-order valence-corrected chi connectivity index (χ2v) is 6.81. The standard InChI is InChI=1S/C16H34O.H2O4S/c1-3-4-5-6-7-10-13-16(2)14-11-8-9-12-15-17;1-5(2,3)4/h16-17H,3-15H2,1-2H3;(H2,1,2,3,4)/p-2. The molecule has 1 N–H and O–H groups in total. The summed E-state index contributed by atoms with van der Waals surface area (Å²) in [6.45, 7) is 5.05. The van der Waals surface area contributed by atoms with Crippen molar-refractivity contribution in [2.24, 2.45) is 5.92 Å². The van der Waals surface area contributed by atoms with E-state index in [4.69, 9.17) is 22.6 Å². The molecule has 0 aromatic rings. The lowest BCUT2D eigenvalue weighted by atomic mass is 9.96. The Hall–Kier alpha value is -0.170. The van der Waals surface area contributed by atoms with Crippen molar-refractivity contribution in [3.8, 4) is 0 Å². The van der Waals surface area contributed by atoms with Gasteiger partial charge in [-0.25, -0.2) is 0 Å². The highest BCUT2D eigenvalue weighted by atomic mass is 32.3. The minimum Gasteiger partial charge on any atom is -0.759 e. The van der Waals surface area contributed by atoms with E-state index in [0.717, 1.165) is 12.3 Å². The Labute approximate surface area is 137 Å². The molecule has 1 atom stereocenters. The van der Waals surface area contributed by atoms with Gasteiger partial charge >= 0.3 is 0 Å². The first-order valence-electron chi connectivity index (χ1n) is 8.58. The van der Waals surface area contributed by atoms with Gasteiger partial charge in [-0.2, -0.15) is 0 Å². The fourth-order valence-electron chi connectivity index (χ4n) is 2.38. The smallest absolute Gasteiger partial charge is 0.0431 e. The maximum atomic E-state index is 8.68. The zero-order valence-corrected chi connectivity index (χ0v) is 15.1. The van der Waals surface area contributed by atoms with Crippen LogP contribution in [0.4, 0.5) is 0 Å². The third-order valence-corrected chi connectivity index (χ3v) is 3.66. The lowest BCUT2D eigenvalue weighted by molar-refractivity contribution is 0.281. The first-order valence-corrected chi connectivity index (χ1v) is 9.92. The van der Waals surface area contributed by atoms with E-state index in [1.54, 1.807) is 0 Å². The molecule has 0 aromatic heterocycles. The minimum absolute atomic E-state index is 0.368. The molecule has 136 valence electrons. The summed E-state index contributed by atoms with van der Waals surface area (Å²) < 4.78 is 34.1. The molecule has 6 heteroatoms. The Morgan fingerprint density at radius 2 is 1.18 bits per heavy atom. The van der Waals surface area contributed by atoms with E-state index in [1.807, 2.05) is 0 Å². The summed E-state index contributed by atoms with van der Waals surface area (Å²) >= 11 is 0. The van der Waals surface area contributed by atoms with Crippen LogP contribution in [0.1, 0.15) is 90.9 Å². The molecule has 0 saturated heterocycles. The quantitative estimate of drug-likeness (QED) is 0.311. The van der Waals surface area contributed by atoms with E-state index < -0.39 is 10.4 Å². The molecule has 0 rings (SSSR count). The molecule has 0 spiro atoms. The third-order valence-electron chi connectivity index (χ3n) is 3.66. The lowest BCUT2D eigenvalue weighted by Gasteiger charge is -2.10. The van der Waals surface area contributed by atoms with Crippen molar-refractivity contribution < 1.29 is 22.6 Å². The molecule has 0 heterocycles. The first kappa shape index (κ1) is 24.1. The molecule has 0 fully saturated rings. The van der Waals surface area contributed by atoms with Crippen LogP contribution in [0.2, 0.25) is 0 Å². The van der Waals surface area contributed by atoms with Crippen molar-refractivity contribution >= 4 is 10.4 Å². The maximum absolute atomic E-state index is 8.68. The normalized spacial score (nSPS) is 12.6. The number of aliphatic hydroxyl groups excluding tert-OH is 1. The largest absolute Gasteiger partial charge is 0.759 e. The van der Waals surface area contributed by atoms with E-state index in [0.29, 0.717) is 6.61 Å². The molecule has 0 aromatic carbocycles. The van der Waals surface area contributed by atoms with E-state index in [2.05, 4.69) is 13.8 Å². The van der Waals surface area contributed by atoms with Crippen molar-refractivity contribution in [2.75, 3.05) is 6.61 Å². The maximum Gasteiger partial charge on any atom is 0.0431 e. The van der Waals surface area contributed by atoms with Gasteiger partial charge in [0, 0.05) is 17.0 Å². The van der Waals surface area contributed by atoms with Crippen molar-refractivity contribution in [1.29, 1.82) is 0 Å². The summed E-state index contributed by atoms with van der Waals surface area (Å²) in [7, 11) is -5.17. The van der Waals surface area contributed by atoms with Crippen LogP contribution in [0.5, 0.6) is 0 Å². The molecule has 0 amide bonds. The Kier molecular flexibility index (Phi) is 18.8. The van der Waals surface area contributed by atoms with Gasteiger partial charge in [0.15, 0.2) is 0 Å². The Bertz CT molecular complexity index is 296. The molecular formula is C16H34O5S-2. The highest BCUT2D eigenvalue weighted by Crippen LogP contribution is 2.17. The van der Waals surface area contributed by atoms with Gasteiger partial charge in [-0.3, -0.25) is 8.42 Å². The van der Waals surface area contributed by atoms with Gasteiger partial charge in [0.2, 0.25) is 0 Å². The lowest BCUT2D eigenvalue weighted by Crippen LogP contribution is -1.95. The second kappa shape index (κ2) is 17.2. The molecule has 0 saturated carbocycles. The summed E-state index contributed by atoms with van der Waals surface area (Å²) in [6.07, 6.45) is 16.2. The van der Waals surface area contributed by atoms with E-state index in [1.165, 1.54) is 70.6 Å². The summed E-state index contributed by atoms with van der Waals surface area (Å²) in [4.78, 5) is 0. The van der Waals surface area contributed by atoms with Gasteiger partial charge < -0.3 is 14.2 Å². The van der Waals surface area contributed by atoms with Gasteiger partial charge in [-0.1, -0.05) is 84.5 Å². The minimum atomic E-state index is -5.17. The molecular weight excluding hydrogens is 304 g/mol. The Balaban J connectivity index is 0. The highest BCUT2D eigenvalue weighted by Gasteiger charge is 2.01. The van der Waals surface area contributed by atoms with E-state index >= 15 is 0 Å². The van der Waals surface area contributed by atoms with Crippen molar-refractivity contribution in [3.05, 3.63) is 0 Å². The van der Waals surface area contributed by atoms with Crippen molar-refractivity contribution in [2.45, 2.75) is 90.9 Å². The van der Waals surface area contributed by atoms with Gasteiger partial charge in [-0.15, -0.1) is 0 Å². The summed E-state index contributed by atoms with van der Waals surface area (Å²) in [5.74, 6) is 0.912. The SMILES string of the molecule is CCCCCCCCC(C)CCCCCCO.O=S(=O)([O-])[O-]. The Morgan fingerprint density at radius 3 is 1.59 bits per heavy atom. The molecule has 22 heavy (non-hydrogen) atoms. The van der Waals surface area contributed by atoms with Crippen LogP contribution >= 0.6 is 0 Å². The van der Waals surface area contributed by atoms with Crippen LogP contribution in [-0.2, 0) is 10.4 Å². The average Bonchev–Trinajstić information content (AvgIpc) is 2.40. The summed E-state index contributed by atoms with van der Waals surface area (Å²) in [5, 5.41) is 8.68. The number of aliphatic hydroxyl groups is 1. The van der Waals surface area contributed by atoms with Gasteiger partial charge in [0.05, 0.1) is 0 Å². The Morgan fingerprint density at radius 1 is 0.818 bits per heavy atom. The van der Waals surface area contributed by atoms with Crippen LogP contribution in [-0.4, -0.2) is 29.2 Å². The summed E-state index contributed by atoms with van der Waals surface area (Å²) in [5.41, 5.74) is 0. The number of hydrogen-bond donors (Lipinski definition) is 1. The molecule has 1 unspecified atom stereocenters. The second-order valence-electron chi connectivity index (χ2n) is 6.00. The molecule has 0 bridgehead atoms. The third kappa shape index (κ3) is 32.0. The van der Waals surface area contributed by atoms with Crippen LogP contribution in [0.25, 0.3) is 0 Å². The number of rotatable bonds is 13. The van der Waals surface area contributed by atoms with E-state index in [9.17, 15) is 0 Å². The monoisotopic (exact) mass is 338 g/mol. The fourth-order valence-corrected chi connectivity index (χ4v) is 2.38. The number of unbranched alkanes of at least 4 members (excludes halogenated alkanes) is 8. The van der Waals surface area contributed by atoms with Gasteiger partial charge in [-0.05, 0) is 12.3 Å². The predicted octanol–water partition coefficient (Wildman–Crippen LogP) is 3.98. The van der Waals surface area contributed by atoms with Crippen LogP contribution < -0.4 is 0 Å². The first-order chi connectivity index (χ1) is 10.3. The van der Waals surface area contributed by atoms with Crippen LogP contribution in [0.15, 0.2) is 0 Å². The highest BCUT2D eigenvalue weighted by molar-refractivity contribution is 7.79. The predicted molar refractivity (Wildman–Crippen MR) is 87.8 cm³/mol. The van der Waals surface area contributed by atoms with Crippen molar-refractivity contribution in [1.82, 2.24) is 0 Å². The summed E-state index contributed by atoms with van der Waals surface area (Å²) in [6, 6.07) is 0. The average molecular weight is 339 g/mol. The molecule has 5 nitrogen and oxygen atoms in total. The fraction of sp³-hybridized carbons (Fsp3) is 1.00. The topological polar surface area (TPSA) is 100 Å². The van der Waals surface area contributed by atoms with Crippen LogP contribution in [0.3, 0.4) is 0 Å². The zero-order valence-electron chi connectivity index (χ0n) is 14.3. The molecule has 0 aliphatic heterocycles. The van der Waals surface area contributed by atoms with Crippen LogP contribution in [0, 0.1) is 5.92 Å². The zero-order chi connectivity index (χ0) is 17.3. The van der Waals surface area contributed by atoms with Crippen molar-refractivity contribution in [3.63, 3.8) is 0 Å². The molecule has 0 aliphatic carbocycles. The molecule has 0 aliphatic rings. The van der Waals surface area contributed by atoms with Gasteiger partial charge in [0.1, 0.15) is 0 Å².